The van der Waals surface area contributed by atoms with E-state index in [2.05, 4.69) is 54.6 Å². The van der Waals surface area contributed by atoms with Gasteiger partial charge in [0.1, 0.15) is 5.82 Å². The molecule has 1 fully saturated rings. The Kier molecular flexibility index (Phi) is 4.35. The zero-order chi connectivity index (χ0) is 14.8. The molecule has 4 nitrogen and oxygen atoms in total. The molecular formula is C16H28N4. The van der Waals surface area contributed by atoms with Crippen molar-refractivity contribution in [3.8, 4) is 0 Å². The molecule has 1 aromatic heterocycles. The molecule has 0 amide bonds. The highest BCUT2D eigenvalue weighted by Gasteiger charge is 2.35. The maximum atomic E-state index is 6.30. The summed E-state index contributed by atoms with van der Waals surface area (Å²) in [5, 5.41) is 0. The number of hydrogen-bond acceptors (Lipinski definition) is 4. The lowest BCUT2D eigenvalue weighted by molar-refractivity contribution is 0.109. The minimum atomic E-state index is -0.162. The Morgan fingerprint density at radius 3 is 2.25 bits per heavy atom. The Morgan fingerprint density at radius 1 is 1.10 bits per heavy atom. The molecule has 0 aromatic carbocycles. The molecular weight excluding hydrogens is 248 g/mol. The Bertz CT molecular complexity index is 414. The summed E-state index contributed by atoms with van der Waals surface area (Å²) in [7, 11) is 0. The lowest BCUT2D eigenvalue weighted by atomic mass is 9.75. The number of nitrogens with two attached hydrogens (primary N) is 1. The van der Waals surface area contributed by atoms with Gasteiger partial charge in [-0.1, -0.05) is 19.9 Å². The van der Waals surface area contributed by atoms with Crippen molar-refractivity contribution >= 4 is 5.82 Å². The van der Waals surface area contributed by atoms with Gasteiger partial charge in [0.25, 0.3) is 0 Å². The van der Waals surface area contributed by atoms with Gasteiger partial charge in [-0.15, -0.1) is 0 Å². The van der Waals surface area contributed by atoms with Crippen LogP contribution >= 0.6 is 0 Å². The van der Waals surface area contributed by atoms with Gasteiger partial charge in [-0.3, -0.25) is 4.90 Å². The van der Waals surface area contributed by atoms with E-state index < -0.39 is 0 Å². The lowest BCUT2D eigenvalue weighted by Gasteiger charge is -2.44. The summed E-state index contributed by atoms with van der Waals surface area (Å²) in [6.45, 7) is 14.1. The lowest BCUT2D eigenvalue weighted by Crippen LogP contribution is -2.56. The van der Waals surface area contributed by atoms with Crippen LogP contribution in [0, 0.1) is 5.41 Å². The summed E-state index contributed by atoms with van der Waals surface area (Å²) in [5.74, 6) is 1.09. The van der Waals surface area contributed by atoms with Gasteiger partial charge in [0, 0.05) is 44.5 Å². The Morgan fingerprint density at radius 2 is 1.75 bits per heavy atom. The van der Waals surface area contributed by atoms with Gasteiger partial charge in [-0.05, 0) is 31.4 Å². The molecule has 0 radical (unpaired) electrons. The van der Waals surface area contributed by atoms with E-state index in [1.165, 1.54) is 0 Å². The molecule has 112 valence electrons. The fraction of sp³-hybridized carbons (Fsp3) is 0.688. The maximum Gasteiger partial charge on any atom is 0.128 e. The van der Waals surface area contributed by atoms with Crippen molar-refractivity contribution in [1.82, 2.24) is 9.88 Å². The fourth-order valence-electron chi connectivity index (χ4n) is 2.44. The molecule has 0 spiro atoms. The third-order valence-electron chi connectivity index (χ3n) is 4.71. The first-order chi connectivity index (χ1) is 9.29. The van der Waals surface area contributed by atoms with E-state index >= 15 is 0 Å². The molecule has 2 rings (SSSR count). The normalized spacial score (nSPS) is 18.4. The molecule has 2 N–H and O–H groups in total. The molecule has 20 heavy (non-hydrogen) atoms. The maximum absolute atomic E-state index is 6.30. The summed E-state index contributed by atoms with van der Waals surface area (Å²) < 4.78 is 0. The summed E-state index contributed by atoms with van der Waals surface area (Å²) >= 11 is 0. The van der Waals surface area contributed by atoms with E-state index in [1.54, 1.807) is 0 Å². The van der Waals surface area contributed by atoms with E-state index in [0.29, 0.717) is 0 Å². The van der Waals surface area contributed by atoms with Crippen LogP contribution in [0.4, 0.5) is 5.82 Å². The second kappa shape index (κ2) is 5.70. The minimum Gasteiger partial charge on any atom is -0.354 e. The van der Waals surface area contributed by atoms with Crippen molar-refractivity contribution in [1.29, 1.82) is 0 Å². The highest BCUT2D eigenvalue weighted by atomic mass is 15.3. The number of hydrogen-bond donors (Lipinski definition) is 1. The highest BCUT2D eigenvalue weighted by Crippen LogP contribution is 2.29. The molecule has 4 heteroatoms. The topological polar surface area (TPSA) is 45.4 Å². The SMILES string of the molecule is CC(C)(N)C(C)(C)CN1CCN(c2ccccn2)CC1. The molecule has 2 heterocycles. The van der Waals surface area contributed by atoms with E-state index in [0.717, 1.165) is 38.5 Å². The smallest absolute Gasteiger partial charge is 0.128 e. The molecule has 0 saturated carbocycles. The van der Waals surface area contributed by atoms with Crippen LogP contribution in [0.15, 0.2) is 24.4 Å². The molecule has 1 aliphatic rings. The van der Waals surface area contributed by atoms with Crippen LogP contribution in [0.1, 0.15) is 27.7 Å². The number of pyridine rings is 1. The largest absolute Gasteiger partial charge is 0.354 e. The summed E-state index contributed by atoms with van der Waals surface area (Å²) in [6.07, 6.45) is 1.86. The third kappa shape index (κ3) is 3.49. The van der Waals surface area contributed by atoms with Crippen molar-refractivity contribution < 1.29 is 0 Å². The molecule has 0 unspecified atom stereocenters. The van der Waals surface area contributed by atoms with Crippen molar-refractivity contribution in [2.24, 2.45) is 11.1 Å². The average molecular weight is 276 g/mol. The first-order valence-corrected chi connectivity index (χ1v) is 7.47. The van der Waals surface area contributed by atoms with E-state index in [4.69, 9.17) is 5.73 Å². The number of piperazine rings is 1. The van der Waals surface area contributed by atoms with Crippen LogP contribution in [0.5, 0.6) is 0 Å². The predicted molar refractivity (Wildman–Crippen MR) is 84.9 cm³/mol. The van der Waals surface area contributed by atoms with Gasteiger partial charge in [-0.25, -0.2) is 4.98 Å². The summed E-state index contributed by atoms with van der Waals surface area (Å²) in [5.41, 5.74) is 6.25. The second-order valence-corrected chi connectivity index (χ2v) is 7.06. The van der Waals surface area contributed by atoms with Gasteiger partial charge >= 0.3 is 0 Å². The summed E-state index contributed by atoms with van der Waals surface area (Å²) in [6, 6.07) is 6.10. The minimum absolute atomic E-state index is 0.111. The van der Waals surface area contributed by atoms with E-state index in [1.807, 2.05) is 12.3 Å². The number of rotatable bonds is 4. The Hall–Kier alpha value is -1.13. The second-order valence-electron chi connectivity index (χ2n) is 7.06. The Balaban J connectivity index is 1.89. The summed E-state index contributed by atoms with van der Waals surface area (Å²) in [4.78, 5) is 9.31. The van der Waals surface area contributed by atoms with Crippen LogP contribution in [0.25, 0.3) is 0 Å². The van der Waals surface area contributed by atoms with Crippen LogP contribution in [0.2, 0.25) is 0 Å². The first kappa shape index (κ1) is 15.3. The van der Waals surface area contributed by atoms with Crippen LogP contribution < -0.4 is 10.6 Å². The molecule has 0 bridgehead atoms. The van der Waals surface area contributed by atoms with Gasteiger partial charge < -0.3 is 10.6 Å². The zero-order valence-electron chi connectivity index (χ0n) is 13.3. The van der Waals surface area contributed by atoms with Gasteiger partial charge in [0.15, 0.2) is 0 Å². The quantitative estimate of drug-likeness (QED) is 0.913. The van der Waals surface area contributed by atoms with E-state index in [9.17, 15) is 0 Å². The van der Waals surface area contributed by atoms with Crippen molar-refractivity contribution in [3.05, 3.63) is 24.4 Å². The molecule has 1 saturated heterocycles. The van der Waals surface area contributed by atoms with Crippen molar-refractivity contribution in [2.45, 2.75) is 33.2 Å². The van der Waals surface area contributed by atoms with Crippen molar-refractivity contribution in [2.75, 3.05) is 37.6 Å². The first-order valence-electron chi connectivity index (χ1n) is 7.47. The van der Waals surface area contributed by atoms with E-state index in [-0.39, 0.29) is 11.0 Å². The fourth-order valence-corrected chi connectivity index (χ4v) is 2.44. The number of anilines is 1. The molecule has 1 aromatic rings. The number of nitrogens with zero attached hydrogens (tertiary/aromatic N) is 3. The monoisotopic (exact) mass is 276 g/mol. The molecule has 0 aliphatic carbocycles. The average Bonchev–Trinajstić information content (AvgIpc) is 2.39. The van der Waals surface area contributed by atoms with Crippen LogP contribution in [-0.2, 0) is 0 Å². The Labute approximate surface area is 123 Å². The number of aromatic nitrogens is 1. The van der Waals surface area contributed by atoms with Gasteiger partial charge in [-0.2, -0.15) is 0 Å². The van der Waals surface area contributed by atoms with Crippen LogP contribution in [-0.4, -0.2) is 48.1 Å². The third-order valence-corrected chi connectivity index (χ3v) is 4.71. The standard InChI is InChI=1S/C16H28N4/c1-15(2,16(3,4)17)13-19-9-11-20(12-10-19)14-7-5-6-8-18-14/h5-8H,9-13,17H2,1-4H3. The molecule has 1 aliphatic heterocycles. The molecule has 0 atom stereocenters. The van der Waals surface area contributed by atoms with Crippen LogP contribution in [0.3, 0.4) is 0 Å². The highest BCUT2D eigenvalue weighted by molar-refractivity contribution is 5.38. The van der Waals surface area contributed by atoms with Gasteiger partial charge in [0.2, 0.25) is 0 Å². The van der Waals surface area contributed by atoms with Crippen molar-refractivity contribution in [3.63, 3.8) is 0 Å². The predicted octanol–water partition coefficient (Wildman–Crippen LogP) is 1.97. The zero-order valence-corrected chi connectivity index (χ0v) is 13.3. The van der Waals surface area contributed by atoms with Gasteiger partial charge in [0.05, 0.1) is 0 Å².